The van der Waals surface area contributed by atoms with Crippen molar-refractivity contribution in [2.45, 2.75) is 38.5 Å². The molecule has 0 spiro atoms. The molecule has 1 fully saturated rings. The zero-order valence-corrected chi connectivity index (χ0v) is 7.05. The quantitative estimate of drug-likeness (QED) is 0.499. The monoisotopic (exact) mass is 148 g/mol. The van der Waals surface area contributed by atoms with Crippen LogP contribution in [0.5, 0.6) is 0 Å². The standard InChI is InChI=1S/C11H16/c1-2-4-6-10(7-5-3-1)11-8-9-11/h1-2,7,11H,3-6,8-9H2/b2-1-,10-7+. The smallest absolute Gasteiger partial charge is 0.0203 e. The minimum absolute atomic E-state index is 1.00. The van der Waals surface area contributed by atoms with E-state index >= 15 is 0 Å². The molecule has 2 aliphatic carbocycles. The van der Waals surface area contributed by atoms with Crippen LogP contribution in [-0.4, -0.2) is 0 Å². The zero-order valence-electron chi connectivity index (χ0n) is 7.05. The van der Waals surface area contributed by atoms with Crippen LogP contribution in [0.3, 0.4) is 0 Å². The van der Waals surface area contributed by atoms with Crippen LogP contribution < -0.4 is 0 Å². The summed E-state index contributed by atoms with van der Waals surface area (Å²) in [5.41, 5.74) is 1.76. The third-order valence-corrected chi connectivity index (χ3v) is 2.61. The maximum Gasteiger partial charge on any atom is -0.0203 e. The Hall–Kier alpha value is -0.520. The third-order valence-electron chi connectivity index (χ3n) is 2.61. The molecule has 0 aromatic heterocycles. The molecule has 1 saturated carbocycles. The maximum absolute atomic E-state index is 2.49. The first kappa shape index (κ1) is 7.15. The highest BCUT2D eigenvalue weighted by Gasteiger charge is 2.24. The van der Waals surface area contributed by atoms with Gasteiger partial charge in [0.25, 0.3) is 0 Å². The van der Waals surface area contributed by atoms with Crippen LogP contribution in [-0.2, 0) is 0 Å². The third kappa shape index (κ3) is 1.95. The summed E-state index contributed by atoms with van der Waals surface area (Å²) < 4.78 is 0. The highest BCUT2D eigenvalue weighted by atomic mass is 14.3. The van der Waals surface area contributed by atoms with Crippen molar-refractivity contribution < 1.29 is 0 Å². The Morgan fingerprint density at radius 1 is 1.00 bits per heavy atom. The Morgan fingerprint density at radius 2 is 1.82 bits per heavy atom. The molecular weight excluding hydrogens is 132 g/mol. The van der Waals surface area contributed by atoms with E-state index in [2.05, 4.69) is 18.2 Å². The summed E-state index contributed by atoms with van der Waals surface area (Å²) in [7, 11) is 0. The lowest BCUT2D eigenvalue weighted by molar-refractivity contribution is 0.826. The van der Waals surface area contributed by atoms with Gasteiger partial charge in [0.05, 0.1) is 0 Å². The molecule has 0 heterocycles. The van der Waals surface area contributed by atoms with Crippen molar-refractivity contribution in [2.75, 3.05) is 0 Å². The molecule has 2 rings (SSSR count). The molecule has 0 heteroatoms. The van der Waals surface area contributed by atoms with E-state index < -0.39 is 0 Å². The van der Waals surface area contributed by atoms with Gasteiger partial charge in [0.2, 0.25) is 0 Å². The van der Waals surface area contributed by atoms with Crippen LogP contribution in [0.15, 0.2) is 23.8 Å². The predicted molar refractivity (Wildman–Crippen MR) is 48.4 cm³/mol. The molecule has 0 aromatic rings. The molecule has 0 atom stereocenters. The lowest BCUT2D eigenvalue weighted by atomic mass is 10.0. The van der Waals surface area contributed by atoms with Crippen LogP contribution in [0.4, 0.5) is 0 Å². The normalized spacial score (nSPS) is 33.3. The van der Waals surface area contributed by atoms with E-state index in [0.717, 1.165) is 5.92 Å². The second kappa shape index (κ2) is 3.25. The first-order valence-corrected chi connectivity index (χ1v) is 4.81. The molecule has 60 valence electrons. The van der Waals surface area contributed by atoms with E-state index in [4.69, 9.17) is 0 Å². The summed E-state index contributed by atoms with van der Waals surface area (Å²) in [4.78, 5) is 0. The Morgan fingerprint density at radius 3 is 2.64 bits per heavy atom. The van der Waals surface area contributed by atoms with Gasteiger partial charge in [-0.2, -0.15) is 0 Å². The van der Waals surface area contributed by atoms with E-state index in [-0.39, 0.29) is 0 Å². The van der Waals surface area contributed by atoms with Gasteiger partial charge in [-0.25, -0.2) is 0 Å². The summed E-state index contributed by atoms with van der Waals surface area (Å²) >= 11 is 0. The molecule has 0 amide bonds. The number of rotatable bonds is 1. The molecule has 0 aromatic carbocycles. The van der Waals surface area contributed by atoms with Crippen LogP contribution in [0.25, 0.3) is 0 Å². The molecule has 2 aliphatic rings. The molecule has 0 saturated heterocycles. The van der Waals surface area contributed by atoms with Crippen LogP contribution in [0, 0.1) is 5.92 Å². The van der Waals surface area contributed by atoms with E-state index in [1.54, 1.807) is 5.57 Å². The SMILES string of the molecule is C1=C\CC/C(C2CC2)=C\CC/1. The molecule has 0 unspecified atom stereocenters. The summed E-state index contributed by atoms with van der Waals surface area (Å²) in [6.45, 7) is 0. The van der Waals surface area contributed by atoms with Gasteiger partial charge in [-0.15, -0.1) is 0 Å². The Labute approximate surface area is 69.0 Å². The van der Waals surface area contributed by atoms with Crippen molar-refractivity contribution >= 4 is 0 Å². The van der Waals surface area contributed by atoms with E-state index in [1.807, 2.05) is 0 Å². The molecule has 0 N–H and O–H groups in total. The van der Waals surface area contributed by atoms with Crippen molar-refractivity contribution in [3.63, 3.8) is 0 Å². The molecule has 0 bridgehead atoms. The highest BCUT2D eigenvalue weighted by Crippen LogP contribution is 2.39. The van der Waals surface area contributed by atoms with Gasteiger partial charge in [-0.3, -0.25) is 0 Å². The predicted octanol–water partition coefficient (Wildman–Crippen LogP) is 3.45. The summed E-state index contributed by atoms with van der Waals surface area (Å²) in [6.07, 6.45) is 15.2. The van der Waals surface area contributed by atoms with Crippen LogP contribution >= 0.6 is 0 Å². The largest absolute Gasteiger partial charge is 0.0882 e. The molecule has 11 heavy (non-hydrogen) atoms. The zero-order chi connectivity index (χ0) is 7.52. The van der Waals surface area contributed by atoms with Crippen LogP contribution in [0.2, 0.25) is 0 Å². The first-order valence-electron chi connectivity index (χ1n) is 4.81. The number of hydrogen-bond donors (Lipinski definition) is 0. The topological polar surface area (TPSA) is 0 Å². The van der Waals surface area contributed by atoms with Crippen molar-refractivity contribution in [1.29, 1.82) is 0 Å². The van der Waals surface area contributed by atoms with Gasteiger partial charge in [-0.05, 0) is 44.4 Å². The molecular formula is C11H16. The lowest BCUT2D eigenvalue weighted by Gasteiger charge is -2.05. The second-order valence-electron chi connectivity index (χ2n) is 3.64. The van der Waals surface area contributed by atoms with Gasteiger partial charge in [0.1, 0.15) is 0 Å². The average Bonchev–Trinajstić information content (AvgIpc) is 2.68. The van der Waals surface area contributed by atoms with Gasteiger partial charge >= 0.3 is 0 Å². The van der Waals surface area contributed by atoms with E-state index in [1.165, 1.54) is 38.5 Å². The lowest BCUT2D eigenvalue weighted by Crippen LogP contribution is -1.88. The molecule has 0 nitrogen and oxygen atoms in total. The van der Waals surface area contributed by atoms with Crippen molar-refractivity contribution in [3.8, 4) is 0 Å². The summed E-state index contributed by atoms with van der Waals surface area (Å²) in [5.74, 6) is 1.00. The minimum Gasteiger partial charge on any atom is -0.0882 e. The first-order chi connectivity index (χ1) is 5.47. The second-order valence-corrected chi connectivity index (χ2v) is 3.64. The van der Waals surface area contributed by atoms with Gasteiger partial charge in [0, 0.05) is 0 Å². The number of allylic oxidation sites excluding steroid dienone is 4. The Bertz CT molecular complexity index is 182. The fraction of sp³-hybridized carbons (Fsp3) is 0.636. The van der Waals surface area contributed by atoms with Gasteiger partial charge < -0.3 is 0 Å². The Kier molecular flexibility index (Phi) is 2.11. The van der Waals surface area contributed by atoms with E-state index in [0.29, 0.717) is 0 Å². The van der Waals surface area contributed by atoms with Crippen molar-refractivity contribution in [1.82, 2.24) is 0 Å². The fourth-order valence-corrected chi connectivity index (χ4v) is 1.78. The fourth-order valence-electron chi connectivity index (χ4n) is 1.78. The summed E-state index contributed by atoms with van der Waals surface area (Å²) in [5, 5.41) is 0. The van der Waals surface area contributed by atoms with Gasteiger partial charge in [-0.1, -0.05) is 23.8 Å². The van der Waals surface area contributed by atoms with Gasteiger partial charge in [0.15, 0.2) is 0 Å². The van der Waals surface area contributed by atoms with Crippen molar-refractivity contribution in [2.24, 2.45) is 5.92 Å². The average molecular weight is 148 g/mol. The Balaban J connectivity index is 1.95. The van der Waals surface area contributed by atoms with E-state index in [9.17, 15) is 0 Å². The minimum atomic E-state index is 1.00. The summed E-state index contributed by atoms with van der Waals surface area (Å²) in [6, 6.07) is 0. The maximum atomic E-state index is 2.49. The van der Waals surface area contributed by atoms with Crippen LogP contribution in [0.1, 0.15) is 38.5 Å². The highest BCUT2D eigenvalue weighted by molar-refractivity contribution is 5.14. The van der Waals surface area contributed by atoms with Crippen molar-refractivity contribution in [3.05, 3.63) is 23.8 Å². The molecule has 0 aliphatic heterocycles. The number of hydrogen-bond acceptors (Lipinski definition) is 0. The molecule has 0 radical (unpaired) electrons.